The van der Waals surface area contributed by atoms with Crippen LogP contribution < -0.4 is 20.1 Å². The van der Waals surface area contributed by atoms with Gasteiger partial charge in [-0.2, -0.15) is 0 Å². The van der Waals surface area contributed by atoms with Crippen LogP contribution in [0.25, 0.3) is 0 Å². The monoisotopic (exact) mass is 630 g/mol. The molecular formula is C31H39ClN4O6S. The standard InChI is InChI=1S/C31H38N4O6S.ClH/c1-3-4-5-27-20-26(33-31(38)32-24-10-8-23(9-11-24)30(36)37)18-19-35(27)21-22-6-14-28(15-7-22)41-29-16-12-25(13-17-29)34-42(2,39)40;/h6-17,26-27,34H,3-5,18-21H2,1-2H3,(H,36,37)(H2,32,33,38);1H. The van der Waals surface area contributed by atoms with Gasteiger partial charge in [0.25, 0.3) is 0 Å². The van der Waals surface area contributed by atoms with Crippen LogP contribution in [0.3, 0.4) is 0 Å². The van der Waals surface area contributed by atoms with Crippen LogP contribution in [0.5, 0.6) is 11.5 Å². The average molecular weight is 631 g/mol. The molecule has 43 heavy (non-hydrogen) atoms. The Labute approximate surface area is 259 Å². The van der Waals surface area contributed by atoms with E-state index >= 15 is 0 Å². The summed E-state index contributed by atoms with van der Waals surface area (Å²) in [5.74, 6) is 0.294. The van der Waals surface area contributed by atoms with Crippen molar-refractivity contribution in [3.05, 3.63) is 83.9 Å². The summed E-state index contributed by atoms with van der Waals surface area (Å²) >= 11 is 0. The molecular weight excluding hydrogens is 592 g/mol. The minimum Gasteiger partial charge on any atom is -0.478 e. The van der Waals surface area contributed by atoms with E-state index in [2.05, 4.69) is 39.3 Å². The lowest BCUT2D eigenvalue weighted by molar-refractivity contribution is 0.0697. The minimum absolute atomic E-state index is 0. The number of benzene rings is 3. The summed E-state index contributed by atoms with van der Waals surface area (Å²) in [4.78, 5) is 26.2. The predicted octanol–water partition coefficient (Wildman–Crippen LogP) is 6.32. The summed E-state index contributed by atoms with van der Waals surface area (Å²) in [7, 11) is -3.33. The molecule has 1 aliphatic rings. The van der Waals surface area contributed by atoms with Crippen LogP contribution in [0.4, 0.5) is 16.2 Å². The van der Waals surface area contributed by atoms with Gasteiger partial charge >= 0.3 is 12.0 Å². The highest BCUT2D eigenvalue weighted by Gasteiger charge is 2.29. The number of carboxylic acid groups (broad SMARTS) is 1. The Hall–Kier alpha value is -3.80. The van der Waals surface area contributed by atoms with Crippen LogP contribution in [0.2, 0.25) is 0 Å². The second-order valence-electron chi connectivity index (χ2n) is 10.6. The van der Waals surface area contributed by atoms with E-state index in [1.54, 1.807) is 36.4 Å². The summed E-state index contributed by atoms with van der Waals surface area (Å²) in [5.41, 5.74) is 2.37. The lowest BCUT2D eigenvalue weighted by Gasteiger charge is -2.40. The van der Waals surface area contributed by atoms with E-state index in [9.17, 15) is 18.0 Å². The minimum atomic E-state index is -3.33. The van der Waals surface area contributed by atoms with Gasteiger partial charge in [-0.1, -0.05) is 31.9 Å². The van der Waals surface area contributed by atoms with Crippen molar-refractivity contribution in [3.63, 3.8) is 0 Å². The molecule has 1 heterocycles. The Morgan fingerprint density at radius 3 is 2.14 bits per heavy atom. The maximum Gasteiger partial charge on any atom is 0.335 e. The van der Waals surface area contributed by atoms with Crippen molar-refractivity contribution in [3.8, 4) is 11.5 Å². The van der Waals surface area contributed by atoms with E-state index in [0.29, 0.717) is 28.9 Å². The molecule has 10 nitrogen and oxygen atoms in total. The largest absolute Gasteiger partial charge is 0.478 e. The third-order valence-electron chi connectivity index (χ3n) is 7.16. The normalized spacial score (nSPS) is 16.9. The Bertz CT molecular complexity index is 1450. The first-order chi connectivity index (χ1) is 20.1. The zero-order chi connectivity index (χ0) is 30.1. The number of hydrogen-bond donors (Lipinski definition) is 4. The molecule has 2 unspecified atom stereocenters. The molecule has 0 bridgehead atoms. The zero-order valence-electron chi connectivity index (χ0n) is 24.3. The lowest BCUT2D eigenvalue weighted by atomic mass is 9.93. The number of amides is 2. The molecule has 1 fully saturated rings. The highest BCUT2D eigenvalue weighted by atomic mass is 35.5. The van der Waals surface area contributed by atoms with Gasteiger partial charge in [0.1, 0.15) is 11.5 Å². The van der Waals surface area contributed by atoms with Crippen LogP contribution in [-0.2, 0) is 16.6 Å². The number of piperidine rings is 1. The van der Waals surface area contributed by atoms with Gasteiger partial charge in [-0.15, -0.1) is 12.4 Å². The number of aromatic carboxylic acids is 1. The van der Waals surface area contributed by atoms with Crippen molar-refractivity contribution in [2.75, 3.05) is 22.8 Å². The molecule has 0 radical (unpaired) electrons. The number of nitrogens with one attached hydrogen (secondary N) is 3. The van der Waals surface area contributed by atoms with Crippen molar-refractivity contribution < 1.29 is 27.9 Å². The first kappa shape index (κ1) is 33.7. The highest BCUT2D eigenvalue weighted by molar-refractivity contribution is 7.92. The van der Waals surface area contributed by atoms with Gasteiger partial charge in [-0.05, 0) is 85.5 Å². The van der Waals surface area contributed by atoms with Crippen molar-refractivity contribution >= 4 is 45.8 Å². The molecule has 1 aliphatic heterocycles. The van der Waals surface area contributed by atoms with Crippen molar-refractivity contribution in [1.82, 2.24) is 10.2 Å². The molecule has 0 aromatic heterocycles. The summed E-state index contributed by atoms with van der Waals surface area (Å²) in [6.45, 7) is 3.84. The topological polar surface area (TPSA) is 137 Å². The third kappa shape index (κ3) is 10.8. The fraction of sp³-hybridized carbons (Fsp3) is 0.355. The van der Waals surface area contributed by atoms with Gasteiger partial charge < -0.3 is 20.5 Å². The molecule has 0 aliphatic carbocycles. The summed E-state index contributed by atoms with van der Waals surface area (Å²) in [6.07, 6.45) is 6.07. The SMILES string of the molecule is CCCCC1CC(NC(=O)Nc2ccc(C(=O)O)cc2)CCN1Cc1ccc(Oc2ccc(NS(C)(=O)=O)cc2)cc1.Cl. The van der Waals surface area contributed by atoms with Crippen LogP contribution in [0.1, 0.15) is 54.9 Å². The Morgan fingerprint density at radius 1 is 0.953 bits per heavy atom. The van der Waals surface area contributed by atoms with Gasteiger partial charge in [0.2, 0.25) is 10.0 Å². The van der Waals surface area contributed by atoms with E-state index in [1.807, 2.05) is 12.1 Å². The van der Waals surface area contributed by atoms with Crippen LogP contribution >= 0.6 is 12.4 Å². The zero-order valence-corrected chi connectivity index (χ0v) is 25.9. The number of unbranched alkanes of at least 4 members (excludes halogenated alkanes) is 1. The number of sulfonamides is 1. The summed E-state index contributed by atoms with van der Waals surface area (Å²) in [6, 6.07) is 20.9. The number of rotatable bonds is 12. The van der Waals surface area contributed by atoms with Gasteiger partial charge in [-0.25, -0.2) is 18.0 Å². The van der Waals surface area contributed by atoms with E-state index < -0.39 is 16.0 Å². The second kappa shape index (κ2) is 15.6. The second-order valence-corrected chi connectivity index (χ2v) is 12.4. The van der Waals surface area contributed by atoms with Crippen molar-refractivity contribution in [2.24, 2.45) is 0 Å². The van der Waals surface area contributed by atoms with Gasteiger partial charge in [0.05, 0.1) is 11.8 Å². The molecule has 4 rings (SSSR count). The number of urea groups is 1. The van der Waals surface area contributed by atoms with Gasteiger partial charge in [0.15, 0.2) is 0 Å². The molecule has 3 aromatic carbocycles. The van der Waals surface area contributed by atoms with E-state index in [4.69, 9.17) is 9.84 Å². The quantitative estimate of drug-likeness (QED) is 0.184. The number of anilines is 2. The number of halogens is 1. The molecule has 2 atom stereocenters. The smallest absolute Gasteiger partial charge is 0.335 e. The van der Waals surface area contributed by atoms with Crippen LogP contribution in [0.15, 0.2) is 72.8 Å². The molecule has 3 aromatic rings. The van der Waals surface area contributed by atoms with Crippen molar-refractivity contribution in [1.29, 1.82) is 0 Å². The van der Waals surface area contributed by atoms with Gasteiger partial charge in [0, 0.05) is 36.5 Å². The van der Waals surface area contributed by atoms with E-state index in [0.717, 1.165) is 51.4 Å². The number of ether oxygens (including phenoxy) is 1. The summed E-state index contributed by atoms with van der Waals surface area (Å²) in [5, 5.41) is 15.0. The third-order valence-corrected chi connectivity index (χ3v) is 7.76. The van der Waals surface area contributed by atoms with Crippen LogP contribution in [-0.4, -0.2) is 55.3 Å². The Morgan fingerprint density at radius 2 is 1.56 bits per heavy atom. The van der Waals surface area contributed by atoms with E-state index in [-0.39, 0.29) is 30.0 Å². The van der Waals surface area contributed by atoms with E-state index in [1.165, 1.54) is 17.7 Å². The number of carbonyl (C=O) groups excluding carboxylic acids is 1. The Balaban J connectivity index is 0.00000506. The molecule has 0 saturated carbocycles. The number of carbonyl (C=O) groups is 2. The molecule has 2 amide bonds. The maximum absolute atomic E-state index is 12.6. The number of nitrogens with zero attached hydrogens (tertiary/aromatic N) is 1. The molecule has 0 spiro atoms. The number of likely N-dealkylation sites (tertiary alicyclic amines) is 1. The molecule has 1 saturated heterocycles. The highest BCUT2D eigenvalue weighted by Crippen LogP contribution is 2.27. The number of carboxylic acids is 1. The maximum atomic E-state index is 12.6. The first-order valence-corrected chi connectivity index (χ1v) is 16.0. The van der Waals surface area contributed by atoms with Crippen LogP contribution in [0, 0.1) is 0 Å². The fourth-order valence-electron chi connectivity index (χ4n) is 5.07. The Kier molecular flexibility index (Phi) is 12.2. The molecule has 12 heteroatoms. The lowest BCUT2D eigenvalue weighted by Crippen LogP contribution is -2.50. The fourth-order valence-corrected chi connectivity index (χ4v) is 5.63. The predicted molar refractivity (Wildman–Crippen MR) is 171 cm³/mol. The van der Waals surface area contributed by atoms with Crippen molar-refractivity contribution in [2.45, 2.75) is 57.7 Å². The number of hydrogen-bond acceptors (Lipinski definition) is 6. The molecule has 232 valence electrons. The summed E-state index contributed by atoms with van der Waals surface area (Å²) < 4.78 is 31.1. The molecule has 4 N–H and O–H groups in total. The average Bonchev–Trinajstić information content (AvgIpc) is 2.94. The van der Waals surface area contributed by atoms with Gasteiger partial charge in [-0.3, -0.25) is 9.62 Å². The first-order valence-electron chi connectivity index (χ1n) is 14.1.